The van der Waals surface area contributed by atoms with Crippen molar-refractivity contribution in [1.82, 2.24) is 5.32 Å². The molecule has 1 atom stereocenters. The van der Waals surface area contributed by atoms with Gasteiger partial charge in [0, 0.05) is 12.6 Å². The Morgan fingerprint density at radius 1 is 1.12 bits per heavy atom. The second kappa shape index (κ2) is 4.89. The van der Waals surface area contributed by atoms with Gasteiger partial charge in [-0.25, -0.2) is 0 Å². The first kappa shape index (κ1) is 12.0. The number of hydrogen-bond acceptors (Lipinski definition) is 2. The zero-order chi connectivity index (χ0) is 11.7. The molecule has 3 rings (SSSR count). The highest BCUT2D eigenvalue weighted by atomic mass is 16.5. The fourth-order valence-corrected chi connectivity index (χ4v) is 3.97. The minimum absolute atomic E-state index is 0.303. The summed E-state index contributed by atoms with van der Waals surface area (Å²) in [5.41, 5.74) is 0.303. The lowest BCUT2D eigenvalue weighted by molar-refractivity contribution is -0.0638. The van der Waals surface area contributed by atoms with E-state index in [-0.39, 0.29) is 0 Å². The molecule has 0 aromatic rings. The van der Waals surface area contributed by atoms with E-state index in [2.05, 4.69) is 12.2 Å². The topological polar surface area (TPSA) is 21.3 Å². The third-order valence-corrected chi connectivity index (χ3v) is 5.11. The second-order valence-corrected chi connectivity index (χ2v) is 6.70. The van der Waals surface area contributed by atoms with Crippen LogP contribution in [0.4, 0.5) is 0 Å². The normalized spacial score (nSPS) is 40.4. The minimum Gasteiger partial charge on any atom is -0.370 e. The van der Waals surface area contributed by atoms with Crippen molar-refractivity contribution in [1.29, 1.82) is 0 Å². The maximum atomic E-state index is 6.37. The number of hydrogen-bond donors (Lipinski definition) is 1. The highest BCUT2D eigenvalue weighted by Crippen LogP contribution is 2.41. The maximum Gasteiger partial charge on any atom is 0.0708 e. The van der Waals surface area contributed by atoms with Crippen molar-refractivity contribution in [3.05, 3.63) is 0 Å². The minimum atomic E-state index is 0.303. The summed E-state index contributed by atoms with van der Waals surface area (Å²) in [6, 6.07) is 0.788. The van der Waals surface area contributed by atoms with Gasteiger partial charge in [-0.1, -0.05) is 26.2 Å². The molecule has 2 nitrogen and oxygen atoms in total. The molecule has 0 bridgehead atoms. The predicted molar refractivity (Wildman–Crippen MR) is 70.1 cm³/mol. The molecule has 2 aliphatic carbocycles. The number of nitrogens with one attached hydrogen (secondary N) is 1. The summed E-state index contributed by atoms with van der Waals surface area (Å²) in [6.45, 7) is 3.44. The summed E-state index contributed by atoms with van der Waals surface area (Å²) < 4.78 is 6.37. The molecule has 1 N–H and O–H groups in total. The van der Waals surface area contributed by atoms with Gasteiger partial charge in [0.25, 0.3) is 0 Å². The molecule has 17 heavy (non-hydrogen) atoms. The van der Waals surface area contributed by atoms with Crippen LogP contribution in [0.5, 0.6) is 0 Å². The van der Waals surface area contributed by atoms with E-state index in [1.54, 1.807) is 0 Å². The Balaban J connectivity index is 1.41. The summed E-state index contributed by atoms with van der Waals surface area (Å²) >= 11 is 0. The molecule has 1 unspecified atom stereocenters. The molecular formula is C15H27NO. The average Bonchev–Trinajstić information content (AvgIpc) is 2.67. The van der Waals surface area contributed by atoms with Crippen molar-refractivity contribution >= 4 is 0 Å². The zero-order valence-electron chi connectivity index (χ0n) is 11.2. The molecule has 2 heteroatoms. The van der Waals surface area contributed by atoms with Crippen LogP contribution in [-0.4, -0.2) is 24.3 Å². The van der Waals surface area contributed by atoms with E-state index in [1.807, 2.05) is 0 Å². The first-order chi connectivity index (χ1) is 8.26. The van der Waals surface area contributed by atoms with Gasteiger partial charge in [-0.3, -0.25) is 0 Å². The maximum absolute atomic E-state index is 6.37. The van der Waals surface area contributed by atoms with Crippen LogP contribution in [0.1, 0.15) is 64.7 Å². The first-order valence-corrected chi connectivity index (χ1v) is 7.67. The average molecular weight is 237 g/mol. The van der Waals surface area contributed by atoms with E-state index in [0.29, 0.717) is 11.7 Å². The Labute approximate surface area is 105 Å². The smallest absolute Gasteiger partial charge is 0.0708 e. The van der Waals surface area contributed by atoms with E-state index < -0.39 is 0 Å². The van der Waals surface area contributed by atoms with Crippen LogP contribution in [0, 0.1) is 5.92 Å². The van der Waals surface area contributed by atoms with Crippen LogP contribution in [0.3, 0.4) is 0 Å². The fourth-order valence-electron chi connectivity index (χ4n) is 3.97. The Hall–Kier alpha value is -0.0800. The van der Waals surface area contributed by atoms with Crippen LogP contribution < -0.4 is 5.32 Å². The molecule has 2 saturated carbocycles. The fraction of sp³-hybridized carbons (Fsp3) is 1.00. The van der Waals surface area contributed by atoms with Crippen LogP contribution in [0.25, 0.3) is 0 Å². The van der Waals surface area contributed by atoms with Gasteiger partial charge in [-0.2, -0.15) is 0 Å². The highest BCUT2D eigenvalue weighted by molar-refractivity contribution is 4.92. The van der Waals surface area contributed by atoms with Crippen molar-refractivity contribution in [3.8, 4) is 0 Å². The van der Waals surface area contributed by atoms with Gasteiger partial charge in [-0.15, -0.1) is 0 Å². The third-order valence-electron chi connectivity index (χ3n) is 5.11. The van der Waals surface area contributed by atoms with Crippen molar-refractivity contribution in [3.63, 3.8) is 0 Å². The molecule has 0 aromatic heterocycles. The number of rotatable bonds is 3. The lowest BCUT2D eigenvalue weighted by Gasteiger charge is -2.36. The monoisotopic (exact) mass is 237 g/mol. The molecule has 1 aliphatic heterocycles. The second-order valence-electron chi connectivity index (χ2n) is 6.70. The SMILES string of the molecule is CC1CC(NCC2CCC3(CCCCC3)O2)C1. The van der Waals surface area contributed by atoms with Gasteiger partial charge < -0.3 is 10.1 Å². The Morgan fingerprint density at radius 3 is 2.59 bits per heavy atom. The van der Waals surface area contributed by atoms with Gasteiger partial charge >= 0.3 is 0 Å². The molecule has 0 amide bonds. The molecule has 3 fully saturated rings. The molecule has 1 saturated heterocycles. The van der Waals surface area contributed by atoms with Crippen molar-refractivity contribution in [2.45, 2.75) is 82.5 Å². The number of ether oxygens (including phenoxy) is 1. The van der Waals surface area contributed by atoms with Gasteiger partial charge in [0.15, 0.2) is 0 Å². The summed E-state index contributed by atoms with van der Waals surface area (Å²) in [7, 11) is 0. The van der Waals surface area contributed by atoms with Crippen molar-refractivity contribution in [2.75, 3.05) is 6.54 Å². The van der Waals surface area contributed by atoms with Gasteiger partial charge in [0.2, 0.25) is 0 Å². The van der Waals surface area contributed by atoms with E-state index in [1.165, 1.54) is 57.8 Å². The first-order valence-electron chi connectivity index (χ1n) is 7.67. The molecular weight excluding hydrogens is 210 g/mol. The molecule has 98 valence electrons. The summed E-state index contributed by atoms with van der Waals surface area (Å²) in [5, 5.41) is 3.69. The van der Waals surface area contributed by atoms with Crippen LogP contribution in [0.15, 0.2) is 0 Å². The van der Waals surface area contributed by atoms with Crippen LogP contribution in [0.2, 0.25) is 0 Å². The summed E-state index contributed by atoms with van der Waals surface area (Å²) in [5.74, 6) is 0.946. The molecule has 3 aliphatic rings. The predicted octanol–water partition coefficient (Wildman–Crippen LogP) is 3.26. The third kappa shape index (κ3) is 2.68. The molecule has 0 radical (unpaired) electrons. The standard InChI is InChI=1S/C15H27NO/c1-12-9-13(10-12)16-11-14-5-8-15(17-14)6-3-2-4-7-15/h12-14,16H,2-11H2,1H3. The summed E-state index contributed by atoms with van der Waals surface area (Å²) in [6.07, 6.45) is 12.7. The van der Waals surface area contributed by atoms with Crippen molar-refractivity contribution < 1.29 is 4.74 Å². The Morgan fingerprint density at radius 2 is 1.88 bits per heavy atom. The van der Waals surface area contributed by atoms with Gasteiger partial charge in [0.1, 0.15) is 0 Å². The van der Waals surface area contributed by atoms with E-state index in [0.717, 1.165) is 18.5 Å². The summed E-state index contributed by atoms with van der Waals surface area (Å²) in [4.78, 5) is 0. The largest absolute Gasteiger partial charge is 0.370 e. The Kier molecular flexibility index (Phi) is 3.45. The van der Waals surface area contributed by atoms with Crippen LogP contribution >= 0.6 is 0 Å². The lowest BCUT2D eigenvalue weighted by atomic mass is 9.82. The van der Waals surface area contributed by atoms with E-state index >= 15 is 0 Å². The molecule has 1 heterocycles. The Bertz CT molecular complexity index is 254. The highest BCUT2D eigenvalue weighted by Gasteiger charge is 2.40. The quantitative estimate of drug-likeness (QED) is 0.813. The van der Waals surface area contributed by atoms with E-state index in [4.69, 9.17) is 4.74 Å². The van der Waals surface area contributed by atoms with E-state index in [9.17, 15) is 0 Å². The zero-order valence-corrected chi connectivity index (χ0v) is 11.2. The van der Waals surface area contributed by atoms with Crippen LogP contribution in [-0.2, 0) is 4.74 Å². The lowest BCUT2D eigenvalue weighted by Crippen LogP contribution is -2.44. The van der Waals surface area contributed by atoms with Gasteiger partial charge in [0.05, 0.1) is 11.7 Å². The molecule has 1 spiro atoms. The molecule has 0 aromatic carbocycles. The van der Waals surface area contributed by atoms with Crippen molar-refractivity contribution in [2.24, 2.45) is 5.92 Å². The van der Waals surface area contributed by atoms with Gasteiger partial charge in [-0.05, 0) is 44.4 Å².